The van der Waals surface area contributed by atoms with Crippen LogP contribution in [0.4, 0.5) is 0 Å². The van der Waals surface area contributed by atoms with Gasteiger partial charge in [0, 0.05) is 18.2 Å². The molecule has 0 aromatic heterocycles. The number of hydrogen-bond acceptors (Lipinski definition) is 3. The molecule has 0 saturated heterocycles. The van der Waals surface area contributed by atoms with Gasteiger partial charge in [0.1, 0.15) is 0 Å². The van der Waals surface area contributed by atoms with Gasteiger partial charge in [0.25, 0.3) is 5.91 Å². The van der Waals surface area contributed by atoms with E-state index in [0.717, 1.165) is 24.0 Å². The molecule has 2 aromatic carbocycles. The van der Waals surface area contributed by atoms with E-state index in [4.69, 9.17) is 5.11 Å². The molecule has 5 nitrogen and oxygen atoms in total. The van der Waals surface area contributed by atoms with Gasteiger partial charge in [-0.15, -0.1) is 0 Å². The Hall–Kier alpha value is -2.66. The zero-order chi connectivity index (χ0) is 23.2. The quantitative estimate of drug-likeness (QED) is 0.493. The van der Waals surface area contributed by atoms with E-state index < -0.39 is 5.97 Å². The standard InChI is InChI=1S/C28H36N2O3/c1-19(21-11-13-23(14-12-21)22-5-3-2-4-6-22)30-27(31)24-9-7-20(8-10-24)18-29-26-16-15-25(17-26)28(32)33/h7-14,19,22,25-26,29H,2-6,15-18H2,1H3,(H,30,31)(H,32,33). The number of nitrogens with one attached hydrogen (secondary N) is 2. The predicted molar refractivity (Wildman–Crippen MR) is 130 cm³/mol. The van der Waals surface area contributed by atoms with E-state index in [2.05, 4.69) is 34.9 Å². The molecule has 33 heavy (non-hydrogen) atoms. The maximum Gasteiger partial charge on any atom is 0.306 e. The Kier molecular flexibility index (Phi) is 7.81. The van der Waals surface area contributed by atoms with Crippen molar-refractivity contribution in [1.82, 2.24) is 10.6 Å². The molecule has 2 aromatic rings. The molecule has 2 saturated carbocycles. The third-order valence-electron chi connectivity index (χ3n) is 7.45. The van der Waals surface area contributed by atoms with Crippen molar-refractivity contribution in [2.24, 2.45) is 5.92 Å². The van der Waals surface area contributed by atoms with E-state index in [1.54, 1.807) is 0 Å². The summed E-state index contributed by atoms with van der Waals surface area (Å²) < 4.78 is 0. The molecule has 4 rings (SSSR count). The number of hydrogen-bond donors (Lipinski definition) is 3. The molecule has 0 radical (unpaired) electrons. The van der Waals surface area contributed by atoms with Crippen LogP contribution in [0.25, 0.3) is 0 Å². The van der Waals surface area contributed by atoms with Crippen LogP contribution < -0.4 is 10.6 Å². The second-order valence-electron chi connectivity index (χ2n) is 9.82. The molecule has 0 spiro atoms. The third-order valence-corrected chi connectivity index (χ3v) is 7.45. The summed E-state index contributed by atoms with van der Waals surface area (Å²) in [6.45, 7) is 2.71. The lowest BCUT2D eigenvalue weighted by Crippen LogP contribution is -2.27. The largest absolute Gasteiger partial charge is 0.481 e. The van der Waals surface area contributed by atoms with Gasteiger partial charge in [-0.05, 0) is 73.8 Å². The highest BCUT2D eigenvalue weighted by Gasteiger charge is 2.29. The lowest BCUT2D eigenvalue weighted by atomic mass is 9.84. The van der Waals surface area contributed by atoms with Crippen LogP contribution in [0.5, 0.6) is 0 Å². The van der Waals surface area contributed by atoms with Gasteiger partial charge in [-0.2, -0.15) is 0 Å². The first kappa shape index (κ1) is 23.5. The first-order chi connectivity index (χ1) is 16.0. The fourth-order valence-corrected chi connectivity index (χ4v) is 5.28. The van der Waals surface area contributed by atoms with Crippen LogP contribution in [0.3, 0.4) is 0 Å². The van der Waals surface area contributed by atoms with Crippen LogP contribution in [0.1, 0.15) is 97.3 Å². The number of carbonyl (C=O) groups is 2. The van der Waals surface area contributed by atoms with Gasteiger partial charge in [-0.3, -0.25) is 9.59 Å². The zero-order valence-corrected chi connectivity index (χ0v) is 19.6. The molecule has 176 valence electrons. The molecular formula is C28H36N2O3. The molecule has 0 bridgehead atoms. The Morgan fingerprint density at radius 3 is 2.27 bits per heavy atom. The van der Waals surface area contributed by atoms with Crippen LogP contribution in [0.2, 0.25) is 0 Å². The van der Waals surface area contributed by atoms with Crippen LogP contribution in [-0.2, 0) is 11.3 Å². The van der Waals surface area contributed by atoms with Gasteiger partial charge >= 0.3 is 5.97 Å². The van der Waals surface area contributed by atoms with E-state index in [9.17, 15) is 9.59 Å². The van der Waals surface area contributed by atoms with Gasteiger partial charge in [-0.25, -0.2) is 0 Å². The molecule has 2 aliphatic rings. The van der Waals surface area contributed by atoms with Gasteiger partial charge in [0.15, 0.2) is 0 Å². The fraction of sp³-hybridized carbons (Fsp3) is 0.500. The van der Waals surface area contributed by atoms with Crippen LogP contribution in [0.15, 0.2) is 48.5 Å². The van der Waals surface area contributed by atoms with Gasteiger partial charge in [0.2, 0.25) is 0 Å². The van der Waals surface area contributed by atoms with E-state index in [1.807, 2.05) is 31.2 Å². The Morgan fingerprint density at radius 1 is 0.939 bits per heavy atom. The lowest BCUT2D eigenvalue weighted by molar-refractivity contribution is -0.141. The molecule has 3 N–H and O–H groups in total. The maximum absolute atomic E-state index is 12.7. The molecule has 3 unspecified atom stereocenters. The van der Waals surface area contributed by atoms with Crippen molar-refractivity contribution in [3.63, 3.8) is 0 Å². The van der Waals surface area contributed by atoms with E-state index >= 15 is 0 Å². The molecular weight excluding hydrogens is 412 g/mol. The smallest absolute Gasteiger partial charge is 0.306 e. The second kappa shape index (κ2) is 11.0. The summed E-state index contributed by atoms with van der Waals surface area (Å²) in [5.74, 6) is -0.292. The molecule has 0 heterocycles. The Morgan fingerprint density at radius 2 is 1.64 bits per heavy atom. The molecule has 3 atom stereocenters. The summed E-state index contributed by atoms with van der Waals surface area (Å²) in [6.07, 6.45) is 8.95. The predicted octanol–water partition coefficient (Wildman–Crippen LogP) is 5.57. The molecule has 5 heteroatoms. The van der Waals surface area contributed by atoms with Crippen LogP contribution in [-0.4, -0.2) is 23.0 Å². The Balaban J connectivity index is 1.26. The van der Waals surface area contributed by atoms with Gasteiger partial charge in [-0.1, -0.05) is 55.7 Å². The summed E-state index contributed by atoms with van der Waals surface area (Å²) in [5.41, 5.74) is 4.30. The minimum Gasteiger partial charge on any atom is -0.481 e. The molecule has 2 aliphatic carbocycles. The average Bonchev–Trinajstić information content (AvgIpc) is 3.33. The average molecular weight is 449 g/mol. The van der Waals surface area contributed by atoms with Crippen molar-refractivity contribution in [3.8, 4) is 0 Å². The summed E-state index contributed by atoms with van der Waals surface area (Å²) in [6, 6.07) is 16.6. The summed E-state index contributed by atoms with van der Waals surface area (Å²) >= 11 is 0. The number of carboxylic acid groups (broad SMARTS) is 1. The molecule has 0 aliphatic heterocycles. The number of aliphatic carboxylic acids is 1. The number of benzene rings is 2. The van der Waals surface area contributed by atoms with E-state index in [-0.39, 0.29) is 23.9 Å². The lowest BCUT2D eigenvalue weighted by Gasteiger charge is -2.22. The van der Waals surface area contributed by atoms with E-state index in [0.29, 0.717) is 24.4 Å². The van der Waals surface area contributed by atoms with Crippen LogP contribution >= 0.6 is 0 Å². The summed E-state index contributed by atoms with van der Waals surface area (Å²) in [5, 5.41) is 15.7. The molecule has 1 amide bonds. The minimum atomic E-state index is -0.691. The second-order valence-corrected chi connectivity index (χ2v) is 9.82. The highest BCUT2D eigenvalue weighted by Crippen LogP contribution is 2.33. The SMILES string of the molecule is CC(NC(=O)c1ccc(CNC2CCC(C(=O)O)C2)cc1)c1ccc(C2CCCCC2)cc1. The number of amides is 1. The first-order valence-electron chi connectivity index (χ1n) is 12.5. The molecule has 2 fully saturated rings. The maximum atomic E-state index is 12.7. The number of carboxylic acids is 1. The number of carbonyl (C=O) groups excluding carboxylic acids is 1. The van der Waals surface area contributed by atoms with Crippen molar-refractivity contribution in [1.29, 1.82) is 0 Å². The normalized spacial score (nSPS) is 22.1. The number of rotatable bonds is 8. The van der Waals surface area contributed by atoms with Gasteiger partial charge < -0.3 is 15.7 Å². The monoisotopic (exact) mass is 448 g/mol. The summed E-state index contributed by atoms with van der Waals surface area (Å²) in [4.78, 5) is 23.8. The van der Waals surface area contributed by atoms with E-state index in [1.165, 1.54) is 37.7 Å². The van der Waals surface area contributed by atoms with Crippen LogP contribution in [0, 0.1) is 5.92 Å². The fourth-order valence-electron chi connectivity index (χ4n) is 5.28. The van der Waals surface area contributed by atoms with Gasteiger partial charge in [0.05, 0.1) is 12.0 Å². The van der Waals surface area contributed by atoms with Crippen molar-refractivity contribution in [2.75, 3.05) is 0 Å². The van der Waals surface area contributed by atoms with Crippen molar-refractivity contribution >= 4 is 11.9 Å². The highest BCUT2D eigenvalue weighted by atomic mass is 16.4. The van der Waals surface area contributed by atoms with Crippen molar-refractivity contribution < 1.29 is 14.7 Å². The third kappa shape index (κ3) is 6.23. The Bertz CT molecular complexity index is 933. The van der Waals surface area contributed by atoms with Crippen molar-refractivity contribution in [2.45, 2.75) is 82.8 Å². The zero-order valence-electron chi connectivity index (χ0n) is 19.6. The Labute approximate surface area is 197 Å². The first-order valence-corrected chi connectivity index (χ1v) is 12.5. The van der Waals surface area contributed by atoms with Crippen molar-refractivity contribution in [3.05, 3.63) is 70.8 Å². The minimum absolute atomic E-state index is 0.0520. The highest BCUT2D eigenvalue weighted by molar-refractivity contribution is 5.94. The topological polar surface area (TPSA) is 78.4 Å². The summed E-state index contributed by atoms with van der Waals surface area (Å²) in [7, 11) is 0.